The van der Waals surface area contributed by atoms with Gasteiger partial charge >= 0.3 is 0 Å². The van der Waals surface area contributed by atoms with Gasteiger partial charge in [0.05, 0.1) is 10.5 Å². The summed E-state index contributed by atoms with van der Waals surface area (Å²) in [6, 6.07) is 19.1. The average molecular weight is 533 g/mol. The number of aryl methyl sites for hydroxylation is 1. The zero-order valence-electron chi connectivity index (χ0n) is 20.7. The lowest BCUT2D eigenvalue weighted by Crippen LogP contribution is -2.01. The number of aliphatic hydroxyl groups is 1. The van der Waals surface area contributed by atoms with Crippen molar-refractivity contribution in [2.75, 3.05) is 23.8 Å². The van der Waals surface area contributed by atoms with E-state index in [1.54, 1.807) is 36.4 Å². The smallest absolute Gasteiger partial charge is 0.193 e. The van der Waals surface area contributed by atoms with Crippen LogP contribution in [-0.4, -0.2) is 28.2 Å². The van der Waals surface area contributed by atoms with E-state index in [1.165, 1.54) is 12.4 Å². The highest BCUT2D eigenvalue weighted by Gasteiger charge is 2.14. The molecule has 2 heterocycles. The molecule has 0 aliphatic rings. The lowest BCUT2D eigenvalue weighted by molar-refractivity contribution is 0.286. The van der Waals surface area contributed by atoms with E-state index in [0.29, 0.717) is 28.2 Å². The number of ether oxygens (including phenoxy) is 1. The Morgan fingerprint density at radius 2 is 1.87 bits per heavy atom. The maximum Gasteiger partial charge on any atom is 0.193 e. The molecule has 0 amide bonds. The lowest BCUT2D eigenvalue weighted by atomic mass is 10.1. The number of benzene rings is 3. The summed E-state index contributed by atoms with van der Waals surface area (Å²) in [5.74, 6) is 2.01. The highest BCUT2D eigenvalue weighted by atomic mass is 35.5. The fourth-order valence-corrected chi connectivity index (χ4v) is 4.26. The number of halogens is 2. The van der Waals surface area contributed by atoms with E-state index in [-0.39, 0.29) is 12.4 Å². The highest BCUT2D eigenvalue weighted by molar-refractivity contribution is 6.32. The molecule has 3 aromatic carbocycles. The molecule has 0 unspecified atom stereocenters. The lowest BCUT2D eigenvalue weighted by Gasteiger charge is -2.12. The molecule has 0 aliphatic heterocycles. The van der Waals surface area contributed by atoms with E-state index in [4.69, 9.17) is 25.9 Å². The number of aliphatic hydroxyl groups excluding tert-OH is 1. The second kappa shape index (κ2) is 11.5. The first-order valence-corrected chi connectivity index (χ1v) is 12.6. The zero-order valence-corrected chi connectivity index (χ0v) is 21.4. The third kappa shape index (κ3) is 5.72. The molecule has 0 bridgehead atoms. The minimum Gasteiger partial charge on any atom is -0.453 e. The number of hydrogen-bond donors (Lipinski definition) is 3. The number of furan rings is 1. The molecule has 5 rings (SSSR count). The summed E-state index contributed by atoms with van der Waals surface area (Å²) in [5.41, 5.74) is 3.34. The van der Waals surface area contributed by atoms with Gasteiger partial charge in [0.1, 0.15) is 23.7 Å². The Bertz CT molecular complexity index is 1570. The van der Waals surface area contributed by atoms with Crippen molar-refractivity contribution in [3.63, 3.8) is 0 Å². The molecule has 0 fully saturated rings. The summed E-state index contributed by atoms with van der Waals surface area (Å²) >= 11 is 6.44. The van der Waals surface area contributed by atoms with Gasteiger partial charge in [0.25, 0.3) is 0 Å². The highest BCUT2D eigenvalue weighted by Crippen LogP contribution is 2.36. The molecule has 38 heavy (non-hydrogen) atoms. The molecule has 0 saturated heterocycles. The molecule has 5 aromatic rings. The summed E-state index contributed by atoms with van der Waals surface area (Å²) in [7, 11) is 0. The Balaban J connectivity index is 1.38. The first-order chi connectivity index (χ1) is 18.5. The van der Waals surface area contributed by atoms with Crippen molar-refractivity contribution in [1.82, 2.24) is 9.97 Å². The molecular formula is C29H26ClFN4O3. The van der Waals surface area contributed by atoms with Crippen LogP contribution >= 0.6 is 11.6 Å². The summed E-state index contributed by atoms with van der Waals surface area (Å²) in [6.07, 6.45) is 3.09. The van der Waals surface area contributed by atoms with Crippen LogP contribution in [0.5, 0.6) is 11.5 Å². The number of rotatable bonds is 10. The van der Waals surface area contributed by atoms with Crippen molar-refractivity contribution in [2.45, 2.75) is 19.8 Å². The summed E-state index contributed by atoms with van der Waals surface area (Å²) in [4.78, 5) is 8.84. The number of fused-ring (bicyclic) bond motifs is 1. The quantitative estimate of drug-likeness (QED) is 0.159. The van der Waals surface area contributed by atoms with Crippen LogP contribution in [0.1, 0.15) is 18.4 Å². The van der Waals surface area contributed by atoms with Crippen molar-refractivity contribution >= 4 is 39.9 Å². The summed E-state index contributed by atoms with van der Waals surface area (Å²) < 4.78 is 25.7. The van der Waals surface area contributed by atoms with E-state index in [2.05, 4.69) is 20.6 Å². The molecule has 0 atom stereocenters. The van der Waals surface area contributed by atoms with Crippen molar-refractivity contribution in [1.29, 1.82) is 0 Å². The largest absolute Gasteiger partial charge is 0.453 e. The van der Waals surface area contributed by atoms with Gasteiger partial charge in [-0.25, -0.2) is 14.4 Å². The van der Waals surface area contributed by atoms with Crippen molar-refractivity contribution in [3.8, 4) is 22.8 Å². The van der Waals surface area contributed by atoms with Crippen molar-refractivity contribution < 1.29 is 18.7 Å². The Kier molecular flexibility index (Phi) is 7.72. The van der Waals surface area contributed by atoms with Gasteiger partial charge in [0.15, 0.2) is 17.5 Å². The number of nitrogens with one attached hydrogen (secondary N) is 2. The minimum absolute atomic E-state index is 0.0983. The second-order valence-electron chi connectivity index (χ2n) is 8.74. The van der Waals surface area contributed by atoms with Crippen LogP contribution in [0.3, 0.4) is 0 Å². The molecule has 2 aromatic heterocycles. The van der Waals surface area contributed by atoms with Crippen LogP contribution in [0, 0.1) is 12.7 Å². The van der Waals surface area contributed by atoms with Crippen LogP contribution in [0.15, 0.2) is 77.5 Å². The molecule has 7 nitrogen and oxygen atoms in total. The summed E-state index contributed by atoms with van der Waals surface area (Å²) in [5, 5.41) is 16.7. The maximum atomic E-state index is 14.0. The Morgan fingerprint density at radius 1 is 1.00 bits per heavy atom. The fraction of sp³-hybridized carbons (Fsp3) is 0.172. The van der Waals surface area contributed by atoms with Gasteiger partial charge in [-0.2, -0.15) is 0 Å². The standard InChI is InChI=1S/C29H26ClFN4O3/c1-18-14-27(32-12-4-5-13-36)38-28(18)19-8-10-24-21(15-19)29(34-17-33-24)35-20-9-11-25(22(30)16-20)37-26-7-3-2-6-23(26)31/h2-3,6-11,14-17,32,36H,4-5,12-13H2,1H3,(H,33,34,35). The molecule has 3 N–H and O–H groups in total. The SMILES string of the molecule is Cc1cc(NCCCCO)oc1-c1ccc2ncnc(Nc3ccc(Oc4ccccc4F)c(Cl)c3)c2c1. The van der Waals surface area contributed by atoms with Crippen LogP contribution in [0.4, 0.5) is 21.8 Å². The number of nitrogens with zero attached hydrogens (tertiary/aromatic N) is 2. The monoisotopic (exact) mass is 532 g/mol. The van der Waals surface area contributed by atoms with E-state index in [9.17, 15) is 4.39 Å². The maximum absolute atomic E-state index is 14.0. The van der Waals surface area contributed by atoms with Gasteiger partial charge in [-0.15, -0.1) is 0 Å². The van der Waals surface area contributed by atoms with Crippen molar-refractivity contribution in [2.24, 2.45) is 0 Å². The topological polar surface area (TPSA) is 92.4 Å². The van der Waals surface area contributed by atoms with Crippen LogP contribution in [0.25, 0.3) is 22.2 Å². The Labute approximate surface area is 224 Å². The van der Waals surface area contributed by atoms with Crippen LogP contribution in [0.2, 0.25) is 5.02 Å². The van der Waals surface area contributed by atoms with E-state index < -0.39 is 5.82 Å². The van der Waals surface area contributed by atoms with Gasteiger partial charge in [0, 0.05) is 35.9 Å². The average Bonchev–Trinajstić information content (AvgIpc) is 3.29. The molecule has 194 valence electrons. The van der Waals surface area contributed by atoms with Gasteiger partial charge in [-0.1, -0.05) is 23.7 Å². The zero-order chi connectivity index (χ0) is 26.5. The second-order valence-corrected chi connectivity index (χ2v) is 9.14. The number of aromatic nitrogens is 2. The predicted molar refractivity (Wildman–Crippen MR) is 148 cm³/mol. The van der Waals surface area contributed by atoms with E-state index in [0.717, 1.165) is 47.2 Å². The molecule has 9 heteroatoms. The number of hydrogen-bond acceptors (Lipinski definition) is 7. The predicted octanol–water partition coefficient (Wildman–Crippen LogP) is 7.71. The normalized spacial score (nSPS) is 11.1. The summed E-state index contributed by atoms with van der Waals surface area (Å²) in [6.45, 7) is 2.90. The molecule has 0 spiro atoms. The number of anilines is 3. The van der Waals surface area contributed by atoms with Gasteiger partial charge in [-0.3, -0.25) is 0 Å². The van der Waals surface area contributed by atoms with Gasteiger partial charge in [-0.05, 0) is 73.9 Å². The van der Waals surface area contributed by atoms with Crippen LogP contribution < -0.4 is 15.4 Å². The first kappa shape index (κ1) is 25.5. The third-order valence-electron chi connectivity index (χ3n) is 5.95. The first-order valence-electron chi connectivity index (χ1n) is 12.2. The molecule has 0 radical (unpaired) electrons. The molecule has 0 aliphatic carbocycles. The number of unbranched alkanes of at least 4 members (excludes halogenated alkanes) is 1. The van der Waals surface area contributed by atoms with Crippen molar-refractivity contribution in [3.05, 3.63) is 89.5 Å². The molecule has 0 saturated carbocycles. The van der Waals surface area contributed by atoms with E-state index >= 15 is 0 Å². The van der Waals surface area contributed by atoms with E-state index in [1.807, 2.05) is 31.2 Å². The Morgan fingerprint density at radius 3 is 2.68 bits per heavy atom. The fourth-order valence-electron chi connectivity index (χ4n) is 4.05. The Hall–Kier alpha value is -4.14. The number of para-hydroxylation sites is 1. The third-order valence-corrected chi connectivity index (χ3v) is 6.25. The van der Waals surface area contributed by atoms with Gasteiger partial charge in [0.2, 0.25) is 0 Å². The molecular weight excluding hydrogens is 507 g/mol. The van der Waals surface area contributed by atoms with Gasteiger partial charge < -0.3 is 24.9 Å². The minimum atomic E-state index is -0.467. The van der Waals surface area contributed by atoms with Crippen LogP contribution in [-0.2, 0) is 0 Å².